The van der Waals surface area contributed by atoms with Gasteiger partial charge in [-0.05, 0) is 84.9 Å². The maximum Gasteiger partial charge on any atom is 0.159 e. The summed E-state index contributed by atoms with van der Waals surface area (Å²) in [4.78, 5) is 4.62. The molecule has 6 nitrogen and oxygen atoms in total. The molecule has 0 saturated carbocycles. The predicted octanol–water partition coefficient (Wildman–Crippen LogP) is 11.0. The van der Waals surface area contributed by atoms with Gasteiger partial charge in [0.1, 0.15) is 11.9 Å². The van der Waals surface area contributed by atoms with Crippen LogP contribution in [0.5, 0.6) is 0 Å². The van der Waals surface area contributed by atoms with Crippen LogP contribution in [-0.4, -0.2) is 18.7 Å². The zero-order chi connectivity index (χ0) is 32.9. The Morgan fingerprint density at radius 2 is 1.14 bits per heavy atom. The van der Waals surface area contributed by atoms with Crippen LogP contribution in [0, 0.1) is 11.3 Å². The summed E-state index contributed by atoms with van der Waals surface area (Å²) in [5.41, 5.74) is 11.7. The molecule has 0 radical (unpaired) electrons. The van der Waals surface area contributed by atoms with Gasteiger partial charge in [-0.1, -0.05) is 60.7 Å². The molecule has 4 heterocycles. The van der Waals surface area contributed by atoms with Gasteiger partial charge in [-0.15, -0.1) is 0 Å². The molecule has 50 heavy (non-hydrogen) atoms. The Morgan fingerprint density at radius 3 is 1.94 bits per heavy atom. The van der Waals surface area contributed by atoms with Gasteiger partial charge in [0, 0.05) is 43.7 Å². The molecule has 232 valence electrons. The van der Waals surface area contributed by atoms with E-state index in [2.05, 4.69) is 140 Å². The summed E-state index contributed by atoms with van der Waals surface area (Å²) in [7, 11) is 0. The van der Waals surface area contributed by atoms with E-state index in [0.29, 0.717) is 5.56 Å². The number of benzene rings is 7. The van der Waals surface area contributed by atoms with Crippen molar-refractivity contribution in [1.82, 2.24) is 18.7 Å². The van der Waals surface area contributed by atoms with Crippen LogP contribution < -0.4 is 0 Å². The molecule has 0 fully saturated rings. The quantitative estimate of drug-likeness (QED) is 0.193. The Kier molecular flexibility index (Phi) is 5.36. The molecule has 0 spiro atoms. The molecule has 0 bridgehead atoms. The molecule has 0 aliphatic carbocycles. The molecule has 0 atom stereocenters. The lowest BCUT2D eigenvalue weighted by molar-refractivity contribution is 0.666. The van der Waals surface area contributed by atoms with Crippen molar-refractivity contribution in [1.29, 1.82) is 5.26 Å². The van der Waals surface area contributed by atoms with E-state index < -0.39 is 0 Å². The number of hydrogen-bond acceptors (Lipinski definition) is 3. The van der Waals surface area contributed by atoms with Gasteiger partial charge < -0.3 is 13.6 Å². The lowest BCUT2D eigenvalue weighted by Crippen LogP contribution is -1.95. The summed E-state index contributed by atoms with van der Waals surface area (Å²) in [6.45, 7) is 0. The van der Waals surface area contributed by atoms with E-state index in [0.717, 1.165) is 82.9 Å². The van der Waals surface area contributed by atoms with E-state index in [1.165, 1.54) is 10.8 Å². The van der Waals surface area contributed by atoms with Crippen LogP contribution in [0.25, 0.3) is 93.6 Å². The monoisotopic (exact) mass is 639 g/mol. The zero-order valence-electron chi connectivity index (χ0n) is 26.6. The average Bonchev–Trinajstić information content (AvgIpc) is 3.93. The van der Waals surface area contributed by atoms with Crippen molar-refractivity contribution in [2.75, 3.05) is 0 Å². The van der Waals surface area contributed by atoms with E-state index in [1.54, 1.807) is 0 Å². The highest BCUT2D eigenvalue weighted by Crippen LogP contribution is 2.40. The first-order valence-electron chi connectivity index (χ1n) is 16.6. The molecule has 0 saturated heterocycles. The Hall–Kier alpha value is -7.10. The van der Waals surface area contributed by atoms with E-state index in [-0.39, 0.29) is 0 Å². The van der Waals surface area contributed by atoms with Crippen molar-refractivity contribution in [2.24, 2.45) is 0 Å². The number of nitrogens with zero attached hydrogens (tertiary/aromatic N) is 5. The third-order valence-corrected chi connectivity index (χ3v) is 10.1. The fourth-order valence-corrected chi connectivity index (χ4v) is 7.94. The zero-order valence-corrected chi connectivity index (χ0v) is 26.6. The van der Waals surface area contributed by atoms with Crippen molar-refractivity contribution >= 4 is 76.6 Å². The number of imidazole rings is 1. The van der Waals surface area contributed by atoms with Crippen LogP contribution in [0.3, 0.4) is 0 Å². The molecule has 0 aliphatic rings. The summed E-state index contributed by atoms with van der Waals surface area (Å²) < 4.78 is 13.4. The number of hydrogen-bond donors (Lipinski definition) is 0. The van der Waals surface area contributed by atoms with Crippen LogP contribution >= 0.6 is 0 Å². The fraction of sp³-hybridized carbons (Fsp3) is 0. The first-order valence-corrected chi connectivity index (χ1v) is 16.6. The molecule has 11 rings (SSSR count). The Balaban J connectivity index is 1.14. The highest BCUT2D eigenvalue weighted by Gasteiger charge is 2.19. The summed E-state index contributed by atoms with van der Waals surface area (Å²) in [5.74, 6) is 0. The van der Waals surface area contributed by atoms with Crippen LogP contribution in [0.2, 0.25) is 0 Å². The van der Waals surface area contributed by atoms with E-state index in [4.69, 9.17) is 4.42 Å². The molecule has 0 amide bonds. The normalized spacial score (nSPS) is 12.0. The SMILES string of the molecule is N#Cc1ccc2c(c1)c1cc(-n3cnc4ccccc43)ccc1n2-c1ccc2oc3c(-n4c5ccccc5c5ccccc54)cccc3c2c1. The van der Waals surface area contributed by atoms with E-state index in [9.17, 15) is 5.26 Å². The molecule has 0 unspecified atom stereocenters. The molecular weight excluding hydrogens is 615 g/mol. The molecule has 7 aromatic carbocycles. The van der Waals surface area contributed by atoms with E-state index in [1.807, 2.05) is 36.7 Å². The predicted molar refractivity (Wildman–Crippen MR) is 202 cm³/mol. The summed E-state index contributed by atoms with van der Waals surface area (Å²) in [6.07, 6.45) is 1.87. The summed E-state index contributed by atoms with van der Waals surface area (Å²) in [5, 5.41) is 16.5. The lowest BCUT2D eigenvalue weighted by Gasteiger charge is -2.09. The van der Waals surface area contributed by atoms with Crippen molar-refractivity contribution in [3.8, 4) is 23.1 Å². The van der Waals surface area contributed by atoms with Gasteiger partial charge in [-0.25, -0.2) is 4.98 Å². The Labute approximate surface area is 284 Å². The highest BCUT2D eigenvalue weighted by atomic mass is 16.3. The highest BCUT2D eigenvalue weighted by molar-refractivity contribution is 6.14. The van der Waals surface area contributed by atoms with Crippen molar-refractivity contribution in [3.05, 3.63) is 157 Å². The Morgan fingerprint density at radius 1 is 0.500 bits per heavy atom. The van der Waals surface area contributed by atoms with Crippen molar-refractivity contribution in [3.63, 3.8) is 0 Å². The maximum atomic E-state index is 9.84. The number of nitriles is 1. The fourth-order valence-electron chi connectivity index (χ4n) is 7.94. The first-order chi connectivity index (χ1) is 24.7. The number of aromatic nitrogens is 4. The van der Waals surface area contributed by atoms with Gasteiger partial charge in [-0.3, -0.25) is 4.57 Å². The topological polar surface area (TPSA) is 64.6 Å². The second kappa shape index (κ2) is 9.96. The number of furan rings is 1. The van der Waals surface area contributed by atoms with Gasteiger partial charge in [0.2, 0.25) is 0 Å². The van der Waals surface area contributed by atoms with Gasteiger partial charge in [-0.2, -0.15) is 5.26 Å². The first kappa shape index (κ1) is 26.9. The largest absolute Gasteiger partial charge is 0.454 e. The van der Waals surface area contributed by atoms with E-state index >= 15 is 0 Å². The average molecular weight is 640 g/mol. The third-order valence-electron chi connectivity index (χ3n) is 10.1. The maximum absolute atomic E-state index is 9.84. The molecule has 4 aromatic heterocycles. The van der Waals surface area contributed by atoms with Crippen LogP contribution in [0.1, 0.15) is 5.56 Å². The second-order valence-electron chi connectivity index (χ2n) is 12.8. The third kappa shape index (κ3) is 3.63. The number of fused-ring (bicyclic) bond motifs is 10. The minimum absolute atomic E-state index is 0.629. The molecule has 0 aliphatic heterocycles. The molecular formula is C44H25N5O. The summed E-state index contributed by atoms with van der Waals surface area (Å²) in [6, 6.07) is 52.9. The van der Waals surface area contributed by atoms with Crippen LogP contribution in [0.15, 0.2) is 156 Å². The van der Waals surface area contributed by atoms with Crippen molar-refractivity contribution < 1.29 is 4.42 Å². The van der Waals surface area contributed by atoms with Gasteiger partial charge >= 0.3 is 0 Å². The molecule has 6 heteroatoms. The van der Waals surface area contributed by atoms with Gasteiger partial charge in [0.25, 0.3) is 0 Å². The molecule has 11 aromatic rings. The Bertz CT molecular complexity index is 3180. The standard InChI is InChI=1S/C44H25N5O/c45-25-27-16-19-39-33(22-27)34-23-28(47-26-46-36-11-3-6-14-41(36)47)17-20-40(34)48(39)29-18-21-43-35(24-29)32-10-7-15-42(44(32)50-43)49-37-12-4-1-8-30(37)31-9-2-5-13-38(31)49/h1-24,26H. The number of para-hydroxylation sites is 5. The number of rotatable bonds is 3. The molecule has 0 N–H and O–H groups in total. The van der Waals surface area contributed by atoms with Crippen LogP contribution in [0.4, 0.5) is 0 Å². The summed E-state index contributed by atoms with van der Waals surface area (Å²) >= 11 is 0. The second-order valence-corrected chi connectivity index (χ2v) is 12.8. The van der Waals surface area contributed by atoms with Crippen LogP contribution in [-0.2, 0) is 0 Å². The lowest BCUT2D eigenvalue weighted by atomic mass is 10.1. The smallest absolute Gasteiger partial charge is 0.159 e. The van der Waals surface area contributed by atoms with Gasteiger partial charge in [0.15, 0.2) is 5.58 Å². The minimum Gasteiger partial charge on any atom is -0.454 e. The van der Waals surface area contributed by atoms with Gasteiger partial charge in [0.05, 0.1) is 50.4 Å². The van der Waals surface area contributed by atoms with Crippen molar-refractivity contribution in [2.45, 2.75) is 0 Å². The minimum atomic E-state index is 0.629.